The zero-order chi connectivity index (χ0) is 14.5. The Kier molecular flexibility index (Phi) is 4.49. The Labute approximate surface area is 119 Å². The standard InChI is InChI=1S/C15H19N3O2/c1-3-10-20-15(19)13-11-12(16)4-5-14(13)18-8-6-17(2)7-9-18/h1,4-5,11H,6-10,16H2,2H3. The highest BCUT2D eigenvalue weighted by molar-refractivity contribution is 5.97. The van der Waals surface area contributed by atoms with Crippen molar-refractivity contribution in [3.05, 3.63) is 23.8 Å². The average Bonchev–Trinajstić information content (AvgIpc) is 2.46. The summed E-state index contributed by atoms with van der Waals surface area (Å²) in [6.45, 7) is 3.63. The smallest absolute Gasteiger partial charge is 0.341 e. The Balaban J connectivity index is 2.24. The van der Waals surface area contributed by atoms with Crippen LogP contribution in [0.4, 0.5) is 11.4 Å². The lowest BCUT2D eigenvalue weighted by molar-refractivity contribution is 0.0557. The number of terminal acetylenes is 1. The molecular formula is C15H19N3O2. The molecule has 20 heavy (non-hydrogen) atoms. The molecule has 0 aliphatic carbocycles. The van der Waals surface area contributed by atoms with Crippen molar-refractivity contribution in [2.45, 2.75) is 0 Å². The molecule has 0 unspecified atom stereocenters. The molecule has 106 valence electrons. The van der Waals surface area contributed by atoms with E-state index in [2.05, 4.69) is 22.8 Å². The van der Waals surface area contributed by atoms with Crippen LogP contribution in [-0.2, 0) is 4.74 Å². The monoisotopic (exact) mass is 273 g/mol. The number of nitrogens with two attached hydrogens (primary N) is 1. The van der Waals surface area contributed by atoms with E-state index in [1.165, 1.54) is 0 Å². The van der Waals surface area contributed by atoms with Crippen molar-refractivity contribution >= 4 is 17.3 Å². The number of benzene rings is 1. The fraction of sp³-hybridized carbons (Fsp3) is 0.400. The number of nitrogen functional groups attached to an aromatic ring is 1. The summed E-state index contributed by atoms with van der Waals surface area (Å²) in [5.74, 6) is 1.87. The molecular weight excluding hydrogens is 254 g/mol. The lowest BCUT2D eigenvalue weighted by Gasteiger charge is -2.34. The van der Waals surface area contributed by atoms with E-state index in [4.69, 9.17) is 16.9 Å². The number of rotatable bonds is 3. The molecule has 0 aromatic heterocycles. The van der Waals surface area contributed by atoms with Crippen LogP contribution in [0.15, 0.2) is 18.2 Å². The molecule has 1 aromatic carbocycles. The molecule has 0 radical (unpaired) electrons. The topological polar surface area (TPSA) is 58.8 Å². The summed E-state index contributed by atoms with van der Waals surface area (Å²) in [5.41, 5.74) is 7.64. The van der Waals surface area contributed by atoms with Gasteiger partial charge in [-0.1, -0.05) is 5.92 Å². The molecule has 0 atom stereocenters. The fourth-order valence-electron chi connectivity index (χ4n) is 2.23. The van der Waals surface area contributed by atoms with Gasteiger partial charge in [0.25, 0.3) is 0 Å². The van der Waals surface area contributed by atoms with Crippen LogP contribution < -0.4 is 10.6 Å². The van der Waals surface area contributed by atoms with Crippen LogP contribution in [0.25, 0.3) is 0 Å². The van der Waals surface area contributed by atoms with Gasteiger partial charge in [0.05, 0.1) is 11.3 Å². The number of carbonyl (C=O) groups is 1. The highest BCUT2D eigenvalue weighted by Crippen LogP contribution is 2.25. The zero-order valence-electron chi connectivity index (χ0n) is 11.6. The second-order valence-corrected chi connectivity index (χ2v) is 4.85. The van der Waals surface area contributed by atoms with E-state index in [0.717, 1.165) is 31.9 Å². The highest BCUT2D eigenvalue weighted by atomic mass is 16.5. The maximum atomic E-state index is 12.1. The van der Waals surface area contributed by atoms with Crippen molar-refractivity contribution in [1.29, 1.82) is 0 Å². The second-order valence-electron chi connectivity index (χ2n) is 4.85. The quantitative estimate of drug-likeness (QED) is 0.502. The maximum Gasteiger partial charge on any atom is 0.341 e. The Bertz CT molecular complexity index is 528. The largest absolute Gasteiger partial charge is 0.449 e. The summed E-state index contributed by atoms with van der Waals surface area (Å²) in [4.78, 5) is 16.5. The van der Waals surface area contributed by atoms with Crippen molar-refractivity contribution in [3.8, 4) is 12.3 Å². The minimum Gasteiger partial charge on any atom is -0.449 e. The summed E-state index contributed by atoms with van der Waals surface area (Å²) in [6.07, 6.45) is 5.11. The highest BCUT2D eigenvalue weighted by Gasteiger charge is 2.21. The van der Waals surface area contributed by atoms with Crippen molar-refractivity contribution in [2.75, 3.05) is 50.5 Å². The van der Waals surface area contributed by atoms with Crippen molar-refractivity contribution in [3.63, 3.8) is 0 Å². The van der Waals surface area contributed by atoms with Gasteiger partial charge in [0, 0.05) is 31.9 Å². The molecule has 1 aliphatic heterocycles. The van der Waals surface area contributed by atoms with Gasteiger partial charge in [-0.2, -0.15) is 0 Å². The Morgan fingerprint density at radius 1 is 1.40 bits per heavy atom. The predicted octanol–water partition coefficient (Wildman–Crippen LogP) is 0.811. The van der Waals surface area contributed by atoms with E-state index in [0.29, 0.717) is 11.3 Å². The lowest BCUT2D eigenvalue weighted by atomic mass is 10.1. The minimum absolute atomic E-state index is 0.0319. The van der Waals surface area contributed by atoms with E-state index < -0.39 is 5.97 Å². The lowest BCUT2D eigenvalue weighted by Crippen LogP contribution is -2.45. The van der Waals surface area contributed by atoms with Crippen LogP contribution in [0.2, 0.25) is 0 Å². The third kappa shape index (κ3) is 3.22. The third-order valence-corrected chi connectivity index (χ3v) is 3.37. The molecule has 0 bridgehead atoms. The molecule has 0 spiro atoms. The number of carbonyl (C=O) groups excluding carboxylic acids is 1. The molecule has 0 amide bonds. The van der Waals surface area contributed by atoms with Gasteiger partial charge >= 0.3 is 5.97 Å². The van der Waals surface area contributed by atoms with Gasteiger partial charge in [-0.3, -0.25) is 0 Å². The van der Waals surface area contributed by atoms with Crippen LogP contribution in [0.3, 0.4) is 0 Å². The number of esters is 1. The first-order valence-electron chi connectivity index (χ1n) is 6.55. The first kappa shape index (κ1) is 14.2. The average molecular weight is 273 g/mol. The zero-order valence-corrected chi connectivity index (χ0v) is 11.6. The first-order valence-corrected chi connectivity index (χ1v) is 6.55. The van der Waals surface area contributed by atoms with E-state index in [9.17, 15) is 4.79 Å². The Hall–Kier alpha value is -2.19. The Morgan fingerprint density at radius 2 is 2.10 bits per heavy atom. The number of ether oxygens (including phenoxy) is 1. The molecule has 1 saturated heterocycles. The maximum absolute atomic E-state index is 12.1. The van der Waals surface area contributed by atoms with Gasteiger partial charge in [0.1, 0.15) is 0 Å². The van der Waals surface area contributed by atoms with E-state index in [1.807, 2.05) is 6.07 Å². The van der Waals surface area contributed by atoms with Gasteiger partial charge in [0.15, 0.2) is 6.61 Å². The predicted molar refractivity (Wildman–Crippen MR) is 79.7 cm³/mol. The summed E-state index contributed by atoms with van der Waals surface area (Å²) >= 11 is 0. The molecule has 5 nitrogen and oxygen atoms in total. The van der Waals surface area contributed by atoms with Crippen molar-refractivity contribution in [1.82, 2.24) is 4.90 Å². The van der Waals surface area contributed by atoms with Crippen LogP contribution in [-0.4, -0.2) is 50.7 Å². The van der Waals surface area contributed by atoms with Gasteiger partial charge < -0.3 is 20.3 Å². The summed E-state index contributed by atoms with van der Waals surface area (Å²) in [7, 11) is 2.09. The van der Waals surface area contributed by atoms with Crippen LogP contribution in [0, 0.1) is 12.3 Å². The summed E-state index contributed by atoms with van der Waals surface area (Å²) in [5, 5.41) is 0. The van der Waals surface area contributed by atoms with Crippen LogP contribution in [0.5, 0.6) is 0 Å². The molecule has 2 N–H and O–H groups in total. The number of hydrogen-bond acceptors (Lipinski definition) is 5. The van der Waals surface area contributed by atoms with E-state index in [-0.39, 0.29) is 6.61 Å². The summed E-state index contributed by atoms with van der Waals surface area (Å²) in [6, 6.07) is 5.31. The normalized spacial score (nSPS) is 15.7. The van der Waals surface area contributed by atoms with Gasteiger partial charge in [0.2, 0.25) is 0 Å². The van der Waals surface area contributed by atoms with E-state index >= 15 is 0 Å². The van der Waals surface area contributed by atoms with Crippen molar-refractivity contribution < 1.29 is 9.53 Å². The molecule has 1 heterocycles. The molecule has 0 saturated carbocycles. The summed E-state index contributed by atoms with van der Waals surface area (Å²) < 4.78 is 5.02. The third-order valence-electron chi connectivity index (χ3n) is 3.37. The molecule has 2 rings (SSSR count). The van der Waals surface area contributed by atoms with E-state index in [1.54, 1.807) is 12.1 Å². The SMILES string of the molecule is C#CCOC(=O)c1cc(N)ccc1N1CCN(C)CC1. The number of anilines is 2. The number of hydrogen-bond donors (Lipinski definition) is 1. The molecule has 1 aliphatic rings. The second kappa shape index (κ2) is 6.31. The van der Waals surface area contributed by atoms with Gasteiger partial charge in [-0.05, 0) is 25.2 Å². The van der Waals surface area contributed by atoms with Crippen molar-refractivity contribution in [2.24, 2.45) is 0 Å². The molecule has 1 fully saturated rings. The van der Waals surface area contributed by atoms with Gasteiger partial charge in [-0.25, -0.2) is 4.79 Å². The minimum atomic E-state index is -0.427. The van der Waals surface area contributed by atoms with Crippen LogP contribution >= 0.6 is 0 Å². The first-order chi connectivity index (χ1) is 9.61. The number of nitrogens with zero attached hydrogens (tertiary/aromatic N) is 2. The number of piperazine rings is 1. The number of likely N-dealkylation sites (N-methyl/N-ethyl adjacent to an activating group) is 1. The molecule has 5 heteroatoms. The Morgan fingerprint density at radius 3 is 2.75 bits per heavy atom. The van der Waals surface area contributed by atoms with Gasteiger partial charge in [-0.15, -0.1) is 6.42 Å². The fourth-order valence-corrected chi connectivity index (χ4v) is 2.23. The van der Waals surface area contributed by atoms with Crippen LogP contribution in [0.1, 0.15) is 10.4 Å². The molecule has 1 aromatic rings.